The molecule has 2 rings (SSSR count). The molecule has 2 aromatic rings. The van der Waals surface area contributed by atoms with Crippen LogP contribution in [0.2, 0.25) is 0 Å². The molecule has 2 N–H and O–H groups in total. The van der Waals surface area contributed by atoms with Gasteiger partial charge in [-0.1, -0.05) is 0 Å². The Balaban J connectivity index is 1.88. The van der Waals surface area contributed by atoms with E-state index in [-0.39, 0.29) is 5.91 Å². The van der Waals surface area contributed by atoms with Gasteiger partial charge in [0.1, 0.15) is 0 Å². The molecule has 0 saturated heterocycles. The summed E-state index contributed by atoms with van der Waals surface area (Å²) in [4.78, 5) is 19.0. The minimum atomic E-state index is -0.0179. The maximum Gasteiger partial charge on any atom is 0.251 e. The number of aromatic amines is 1. The van der Waals surface area contributed by atoms with Gasteiger partial charge in [0, 0.05) is 12.1 Å². The van der Waals surface area contributed by atoms with Gasteiger partial charge in [0.05, 0.1) is 17.4 Å². The van der Waals surface area contributed by atoms with Crippen molar-refractivity contribution in [2.45, 2.75) is 12.8 Å². The van der Waals surface area contributed by atoms with Gasteiger partial charge < -0.3 is 10.3 Å². The fourth-order valence-electron chi connectivity index (χ4n) is 1.75. The number of hydrogen-bond acceptors (Lipinski definition) is 3. The van der Waals surface area contributed by atoms with Gasteiger partial charge in [0.2, 0.25) is 0 Å². The maximum atomic E-state index is 11.9. The molecule has 1 amide bonds. The Hall–Kier alpha value is -1.49. The monoisotopic (exact) mass is 263 g/mol. The Morgan fingerprint density at radius 2 is 2.33 bits per heavy atom. The molecule has 0 aliphatic rings. The normalized spacial score (nSPS) is 10.7. The number of hydrogen-bond donors (Lipinski definition) is 2. The molecule has 0 fully saturated rings. The number of aromatic nitrogens is 2. The summed E-state index contributed by atoms with van der Waals surface area (Å²) >= 11 is 1.84. The molecule has 0 saturated carbocycles. The SMILES string of the molecule is CSCCCCNC(=O)c1ccc2nc[nH]c2c1. The van der Waals surface area contributed by atoms with Crippen LogP contribution in [0.15, 0.2) is 24.5 Å². The predicted molar refractivity (Wildman–Crippen MR) is 76.0 cm³/mol. The Morgan fingerprint density at radius 3 is 3.17 bits per heavy atom. The lowest BCUT2D eigenvalue weighted by molar-refractivity contribution is 0.0953. The van der Waals surface area contributed by atoms with Crippen molar-refractivity contribution in [2.75, 3.05) is 18.6 Å². The topological polar surface area (TPSA) is 57.8 Å². The third-order valence-electron chi connectivity index (χ3n) is 2.74. The van der Waals surface area contributed by atoms with Gasteiger partial charge in [0.15, 0.2) is 0 Å². The number of amides is 1. The highest BCUT2D eigenvalue weighted by atomic mass is 32.2. The lowest BCUT2D eigenvalue weighted by atomic mass is 10.2. The van der Waals surface area contributed by atoms with E-state index < -0.39 is 0 Å². The average molecular weight is 263 g/mol. The molecule has 0 aliphatic carbocycles. The minimum absolute atomic E-state index is 0.0179. The van der Waals surface area contributed by atoms with Crippen molar-refractivity contribution in [3.63, 3.8) is 0 Å². The van der Waals surface area contributed by atoms with Crippen molar-refractivity contribution in [2.24, 2.45) is 0 Å². The van der Waals surface area contributed by atoms with Gasteiger partial charge in [0.25, 0.3) is 5.91 Å². The van der Waals surface area contributed by atoms with Crippen LogP contribution in [0.25, 0.3) is 11.0 Å². The maximum absolute atomic E-state index is 11.9. The zero-order valence-electron chi connectivity index (χ0n) is 10.4. The average Bonchev–Trinajstić information content (AvgIpc) is 2.85. The van der Waals surface area contributed by atoms with Crippen LogP contribution in [-0.2, 0) is 0 Å². The number of carbonyl (C=O) groups is 1. The quantitative estimate of drug-likeness (QED) is 0.787. The number of rotatable bonds is 6. The standard InChI is InChI=1S/C13H17N3OS/c1-18-7-3-2-6-14-13(17)10-4-5-11-12(8-10)16-9-15-11/h4-5,8-9H,2-3,6-7H2,1H3,(H,14,17)(H,15,16). The van der Waals surface area contributed by atoms with Crippen LogP contribution in [-0.4, -0.2) is 34.4 Å². The van der Waals surface area contributed by atoms with Crippen LogP contribution >= 0.6 is 11.8 Å². The van der Waals surface area contributed by atoms with Crippen molar-refractivity contribution in [3.8, 4) is 0 Å². The van der Waals surface area contributed by atoms with Crippen molar-refractivity contribution >= 4 is 28.7 Å². The van der Waals surface area contributed by atoms with Gasteiger partial charge in [-0.05, 0) is 43.0 Å². The van der Waals surface area contributed by atoms with Gasteiger partial charge >= 0.3 is 0 Å². The first-order chi connectivity index (χ1) is 8.81. The lowest BCUT2D eigenvalue weighted by Gasteiger charge is -2.04. The second-order valence-corrected chi connectivity index (χ2v) is 5.08. The van der Waals surface area contributed by atoms with Gasteiger partial charge in [-0.2, -0.15) is 11.8 Å². The molecule has 1 aromatic heterocycles. The van der Waals surface area contributed by atoms with Crippen molar-refractivity contribution < 1.29 is 4.79 Å². The summed E-state index contributed by atoms with van der Waals surface area (Å²) < 4.78 is 0. The minimum Gasteiger partial charge on any atom is -0.352 e. The molecule has 18 heavy (non-hydrogen) atoms. The Kier molecular flexibility index (Phi) is 4.64. The van der Waals surface area contributed by atoms with Crippen LogP contribution in [0.5, 0.6) is 0 Å². The first kappa shape index (κ1) is 13.0. The molecular formula is C13H17N3OS. The molecule has 0 aliphatic heterocycles. The molecule has 0 atom stereocenters. The predicted octanol–water partition coefficient (Wildman–Crippen LogP) is 2.44. The van der Waals surface area contributed by atoms with Crippen LogP contribution in [0.4, 0.5) is 0 Å². The van der Waals surface area contributed by atoms with Crippen molar-refractivity contribution in [1.29, 1.82) is 0 Å². The summed E-state index contributed by atoms with van der Waals surface area (Å²) in [5.74, 6) is 1.13. The number of unbranched alkanes of at least 4 members (excludes halogenated alkanes) is 1. The Bertz CT molecular complexity index is 524. The molecule has 0 unspecified atom stereocenters. The highest BCUT2D eigenvalue weighted by molar-refractivity contribution is 7.98. The third-order valence-corrected chi connectivity index (χ3v) is 3.44. The van der Waals surface area contributed by atoms with Crippen molar-refractivity contribution in [1.82, 2.24) is 15.3 Å². The van der Waals surface area contributed by atoms with Gasteiger partial charge in [-0.15, -0.1) is 0 Å². The number of nitrogens with zero attached hydrogens (tertiary/aromatic N) is 1. The van der Waals surface area contributed by atoms with Gasteiger partial charge in [-0.25, -0.2) is 4.98 Å². The summed E-state index contributed by atoms with van der Waals surface area (Å²) in [6, 6.07) is 5.49. The molecule has 5 heteroatoms. The lowest BCUT2D eigenvalue weighted by Crippen LogP contribution is -2.24. The molecule has 0 spiro atoms. The third kappa shape index (κ3) is 3.26. The zero-order valence-corrected chi connectivity index (χ0v) is 11.2. The molecule has 1 aromatic carbocycles. The second kappa shape index (κ2) is 6.44. The van der Waals surface area contributed by atoms with E-state index in [2.05, 4.69) is 21.5 Å². The number of carbonyl (C=O) groups excluding carboxylic acids is 1. The summed E-state index contributed by atoms with van der Waals surface area (Å²) in [7, 11) is 0. The Labute approximate surface area is 111 Å². The molecule has 0 bridgehead atoms. The number of thioether (sulfide) groups is 1. The van der Waals surface area contributed by atoms with Crippen LogP contribution in [0, 0.1) is 0 Å². The number of fused-ring (bicyclic) bond motifs is 1. The molecule has 0 radical (unpaired) electrons. The fourth-order valence-corrected chi connectivity index (χ4v) is 2.25. The second-order valence-electron chi connectivity index (χ2n) is 4.09. The first-order valence-corrected chi connectivity index (χ1v) is 7.41. The first-order valence-electron chi connectivity index (χ1n) is 6.01. The molecular weight excluding hydrogens is 246 g/mol. The van der Waals surface area contributed by atoms with E-state index in [0.717, 1.165) is 36.2 Å². The smallest absolute Gasteiger partial charge is 0.251 e. The molecule has 1 heterocycles. The highest BCUT2D eigenvalue weighted by Crippen LogP contribution is 2.11. The van der Waals surface area contributed by atoms with Crippen LogP contribution in [0.3, 0.4) is 0 Å². The van der Waals surface area contributed by atoms with Crippen LogP contribution < -0.4 is 5.32 Å². The van der Waals surface area contributed by atoms with E-state index in [1.165, 1.54) is 0 Å². The fraction of sp³-hybridized carbons (Fsp3) is 0.385. The highest BCUT2D eigenvalue weighted by Gasteiger charge is 2.06. The van der Waals surface area contributed by atoms with E-state index in [0.29, 0.717) is 5.56 Å². The number of benzene rings is 1. The Morgan fingerprint density at radius 1 is 1.44 bits per heavy atom. The number of imidazole rings is 1. The largest absolute Gasteiger partial charge is 0.352 e. The summed E-state index contributed by atoms with van der Waals surface area (Å²) in [5, 5.41) is 2.93. The summed E-state index contributed by atoms with van der Waals surface area (Å²) in [6.45, 7) is 0.737. The summed E-state index contributed by atoms with van der Waals surface area (Å²) in [6.07, 6.45) is 5.90. The van der Waals surface area contributed by atoms with E-state index >= 15 is 0 Å². The van der Waals surface area contributed by atoms with E-state index in [1.54, 1.807) is 12.4 Å². The van der Waals surface area contributed by atoms with Crippen molar-refractivity contribution in [3.05, 3.63) is 30.1 Å². The number of nitrogens with one attached hydrogen (secondary N) is 2. The zero-order chi connectivity index (χ0) is 12.8. The van der Waals surface area contributed by atoms with E-state index in [9.17, 15) is 4.79 Å². The van der Waals surface area contributed by atoms with Gasteiger partial charge in [-0.3, -0.25) is 4.79 Å². The van der Waals surface area contributed by atoms with Crippen LogP contribution in [0.1, 0.15) is 23.2 Å². The summed E-state index contributed by atoms with van der Waals surface area (Å²) in [5.41, 5.74) is 2.45. The number of H-pyrrole nitrogens is 1. The molecule has 4 nitrogen and oxygen atoms in total. The molecule has 96 valence electrons. The van der Waals surface area contributed by atoms with E-state index in [4.69, 9.17) is 0 Å². The van der Waals surface area contributed by atoms with E-state index in [1.807, 2.05) is 23.9 Å².